The third-order valence-corrected chi connectivity index (χ3v) is 4.49. The van der Waals surface area contributed by atoms with Crippen molar-refractivity contribution >= 4 is 22.5 Å². The van der Waals surface area contributed by atoms with Gasteiger partial charge in [0.15, 0.2) is 5.82 Å². The summed E-state index contributed by atoms with van der Waals surface area (Å²) in [4.78, 5) is 13.0. The van der Waals surface area contributed by atoms with E-state index >= 15 is 0 Å². The van der Waals surface area contributed by atoms with Crippen molar-refractivity contribution in [2.45, 2.75) is 13.0 Å². The van der Waals surface area contributed by atoms with E-state index in [9.17, 15) is 0 Å². The molecule has 0 radical (unpaired) electrons. The van der Waals surface area contributed by atoms with E-state index in [2.05, 4.69) is 30.7 Å². The van der Waals surface area contributed by atoms with Crippen molar-refractivity contribution in [3.63, 3.8) is 0 Å². The maximum absolute atomic E-state index is 5.92. The molecule has 0 bridgehead atoms. The molecule has 0 unspecified atom stereocenters. The van der Waals surface area contributed by atoms with E-state index < -0.39 is 0 Å². The zero-order chi connectivity index (χ0) is 20.9. The molecule has 4 rings (SSSR count). The lowest BCUT2D eigenvalue weighted by molar-refractivity contribution is 0.278. The quantitative estimate of drug-likeness (QED) is 0.461. The van der Waals surface area contributed by atoms with Gasteiger partial charge in [-0.05, 0) is 38.2 Å². The van der Waals surface area contributed by atoms with Gasteiger partial charge in [-0.2, -0.15) is 5.10 Å². The lowest BCUT2D eigenvalue weighted by Gasteiger charge is -2.12. The predicted octanol–water partition coefficient (Wildman–Crippen LogP) is 3.28. The van der Waals surface area contributed by atoms with Crippen LogP contribution < -0.4 is 20.1 Å². The molecule has 1 atom stereocenters. The van der Waals surface area contributed by atoms with Gasteiger partial charge in [0, 0.05) is 36.8 Å². The standard InChI is InChI=1S/C21H23N7O2/c1-14(22-2)12-29-16-5-7-20(23-11-16)30-15-4-6-18-17(10-15)21(25-13-24-18)26-19-8-9-28(3)27-19/h4-11,13-14,22H,12H2,1-3H3,(H,24,25,26,27)/t14-/m0/s1. The molecule has 0 fully saturated rings. The summed E-state index contributed by atoms with van der Waals surface area (Å²) in [5.41, 5.74) is 0.797. The van der Waals surface area contributed by atoms with Crippen LogP contribution in [0.2, 0.25) is 0 Å². The van der Waals surface area contributed by atoms with Crippen LogP contribution in [0.3, 0.4) is 0 Å². The highest BCUT2D eigenvalue weighted by Crippen LogP contribution is 2.28. The molecular formula is C21H23N7O2. The molecule has 0 saturated heterocycles. The Labute approximate surface area is 174 Å². The lowest BCUT2D eigenvalue weighted by Crippen LogP contribution is -2.28. The molecule has 2 N–H and O–H groups in total. The van der Waals surface area contributed by atoms with E-state index in [4.69, 9.17) is 9.47 Å². The highest BCUT2D eigenvalue weighted by molar-refractivity contribution is 5.91. The van der Waals surface area contributed by atoms with Crippen LogP contribution in [0.4, 0.5) is 11.6 Å². The molecule has 154 valence electrons. The first-order valence-corrected chi connectivity index (χ1v) is 9.56. The minimum atomic E-state index is 0.259. The lowest BCUT2D eigenvalue weighted by atomic mass is 10.2. The Morgan fingerprint density at radius 2 is 1.93 bits per heavy atom. The Kier molecular flexibility index (Phi) is 5.71. The second kappa shape index (κ2) is 8.75. The number of benzene rings is 1. The molecule has 9 nitrogen and oxygen atoms in total. The van der Waals surface area contributed by atoms with Crippen LogP contribution in [-0.4, -0.2) is 44.4 Å². The van der Waals surface area contributed by atoms with Gasteiger partial charge in [-0.3, -0.25) is 4.68 Å². The smallest absolute Gasteiger partial charge is 0.219 e. The van der Waals surface area contributed by atoms with Crippen molar-refractivity contribution in [3.05, 3.63) is 55.1 Å². The van der Waals surface area contributed by atoms with Crippen LogP contribution in [0.5, 0.6) is 17.4 Å². The van der Waals surface area contributed by atoms with Gasteiger partial charge in [-0.25, -0.2) is 15.0 Å². The van der Waals surface area contributed by atoms with Crippen LogP contribution in [0.15, 0.2) is 55.1 Å². The van der Waals surface area contributed by atoms with Crippen molar-refractivity contribution < 1.29 is 9.47 Å². The van der Waals surface area contributed by atoms with Gasteiger partial charge in [0.05, 0.1) is 11.7 Å². The van der Waals surface area contributed by atoms with Crippen molar-refractivity contribution in [3.8, 4) is 17.4 Å². The number of aryl methyl sites for hydroxylation is 1. The average Bonchev–Trinajstić information content (AvgIpc) is 3.18. The SMILES string of the molecule is CN[C@@H](C)COc1ccc(Oc2ccc3ncnc(Nc4ccn(C)n4)c3c2)nc1. The number of anilines is 2. The Balaban J connectivity index is 1.51. The first-order chi connectivity index (χ1) is 14.6. The van der Waals surface area contributed by atoms with Crippen molar-refractivity contribution in [1.82, 2.24) is 30.0 Å². The van der Waals surface area contributed by atoms with Gasteiger partial charge in [-0.15, -0.1) is 0 Å². The van der Waals surface area contributed by atoms with E-state index in [1.165, 1.54) is 6.33 Å². The van der Waals surface area contributed by atoms with Crippen LogP contribution in [0, 0.1) is 0 Å². The number of fused-ring (bicyclic) bond motifs is 1. The topological polar surface area (TPSA) is 99.0 Å². The Bertz CT molecular complexity index is 1130. The third-order valence-electron chi connectivity index (χ3n) is 4.49. The molecule has 0 aliphatic heterocycles. The molecule has 9 heteroatoms. The van der Waals surface area contributed by atoms with E-state index in [0.717, 1.165) is 10.9 Å². The number of pyridine rings is 1. The fourth-order valence-electron chi connectivity index (χ4n) is 2.74. The Morgan fingerprint density at radius 3 is 2.67 bits per heavy atom. The summed E-state index contributed by atoms with van der Waals surface area (Å²) in [6.45, 7) is 2.61. The van der Waals surface area contributed by atoms with Crippen molar-refractivity contribution in [2.24, 2.45) is 7.05 Å². The zero-order valence-electron chi connectivity index (χ0n) is 17.0. The number of ether oxygens (including phenoxy) is 2. The fraction of sp³-hybridized carbons (Fsp3) is 0.238. The van der Waals surface area contributed by atoms with Gasteiger partial charge in [-0.1, -0.05) is 0 Å². The van der Waals surface area contributed by atoms with E-state index in [1.807, 2.05) is 57.5 Å². The monoisotopic (exact) mass is 405 g/mol. The number of hydrogen-bond acceptors (Lipinski definition) is 8. The van der Waals surface area contributed by atoms with Crippen LogP contribution in [0.1, 0.15) is 6.92 Å². The van der Waals surface area contributed by atoms with E-state index in [-0.39, 0.29) is 6.04 Å². The van der Waals surface area contributed by atoms with Crippen LogP contribution >= 0.6 is 0 Å². The van der Waals surface area contributed by atoms with Gasteiger partial charge in [0.2, 0.25) is 5.88 Å². The van der Waals surface area contributed by atoms with Crippen molar-refractivity contribution in [1.29, 1.82) is 0 Å². The second-order valence-electron chi connectivity index (χ2n) is 6.84. The molecular weight excluding hydrogens is 382 g/mol. The molecule has 0 spiro atoms. The fourth-order valence-corrected chi connectivity index (χ4v) is 2.74. The minimum Gasteiger partial charge on any atom is -0.490 e. The molecule has 0 aliphatic rings. The van der Waals surface area contributed by atoms with Crippen LogP contribution in [0.25, 0.3) is 10.9 Å². The van der Waals surface area contributed by atoms with Gasteiger partial charge in [0.25, 0.3) is 0 Å². The molecule has 30 heavy (non-hydrogen) atoms. The molecule has 0 amide bonds. The first-order valence-electron chi connectivity index (χ1n) is 9.56. The van der Waals surface area contributed by atoms with Gasteiger partial charge in [0.1, 0.15) is 30.3 Å². The molecule has 4 aromatic rings. The summed E-state index contributed by atoms with van der Waals surface area (Å²) < 4.78 is 13.3. The molecule has 3 aromatic heterocycles. The summed E-state index contributed by atoms with van der Waals surface area (Å²) in [5, 5.41) is 11.5. The zero-order valence-corrected chi connectivity index (χ0v) is 17.0. The highest BCUT2D eigenvalue weighted by atomic mass is 16.5. The Morgan fingerprint density at radius 1 is 1.07 bits per heavy atom. The summed E-state index contributed by atoms with van der Waals surface area (Å²) in [6.07, 6.45) is 5.03. The highest BCUT2D eigenvalue weighted by Gasteiger charge is 2.09. The van der Waals surface area contributed by atoms with E-state index in [0.29, 0.717) is 35.6 Å². The number of nitrogens with zero attached hydrogens (tertiary/aromatic N) is 5. The van der Waals surface area contributed by atoms with Gasteiger partial charge >= 0.3 is 0 Å². The van der Waals surface area contributed by atoms with Crippen molar-refractivity contribution in [2.75, 3.05) is 19.0 Å². The normalized spacial score (nSPS) is 12.0. The number of likely N-dealkylation sites (N-methyl/N-ethyl adjacent to an activating group) is 1. The molecule has 0 saturated carbocycles. The number of nitrogens with one attached hydrogen (secondary N) is 2. The third kappa shape index (κ3) is 4.64. The maximum atomic E-state index is 5.92. The summed E-state index contributed by atoms with van der Waals surface area (Å²) >= 11 is 0. The second-order valence-corrected chi connectivity index (χ2v) is 6.84. The van der Waals surface area contributed by atoms with Crippen LogP contribution in [-0.2, 0) is 7.05 Å². The summed E-state index contributed by atoms with van der Waals surface area (Å²) in [7, 11) is 3.76. The molecule has 0 aliphatic carbocycles. The maximum Gasteiger partial charge on any atom is 0.219 e. The average molecular weight is 405 g/mol. The number of aromatic nitrogens is 5. The predicted molar refractivity (Wildman–Crippen MR) is 114 cm³/mol. The number of rotatable bonds is 8. The summed E-state index contributed by atoms with van der Waals surface area (Å²) in [6, 6.07) is 11.4. The summed E-state index contributed by atoms with van der Waals surface area (Å²) in [5.74, 6) is 3.15. The van der Waals surface area contributed by atoms with E-state index in [1.54, 1.807) is 16.9 Å². The number of hydrogen-bond donors (Lipinski definition) is 2. The van der Waals surface area contributed by atoms with Gasteiger partial charge < -0.3 is 20.1 Å². The molecule has 3 heterocycles. The molecule has 1 aromatic carbocycles. The minimum absolute atomic E-state index is 0.259. The Hall–Kier alpha value is -3.72. The first kappa shape index (κ1) is 19.6. The largest absolute Gasteiger partial charge is 0.490 e.